The van der Waals surface area contributed by atoms with Crippen LogP contribution in [-0.2, 0) is 4.74 Å². The molecule has 1 unspecified atom stereocenters. The molecule has 2 nitrogen and oxygen atoms in total. The van der Waals surface area contributed by atoms with Crippen molar-refractivity contribution in [3.63, 3.8) is 0 Å². The third-order valence-electron chi connectivity index (χ3n) is 1.76. The van der Waals surface area contributed by atoms with Crippen LogP contribution >= 0.6 is 27.3 Å². The van der Waals surface area contributed by atoms with Crippen molar-refractivity contribution < 1.29 is 4.74 Å². The summed E-state index contributed by atoms with van der Waals surface area (Å²) in [4.78, 5) is 1.19. The van der Waals surface area contributed by atoms with Gasteiger partial charge in [-0.3, -0.25) is 0 Å². The van der Waals surface area contributed by atoms with E-state index in [1.807, 2.05) is 6.07 Å². The predicted octanol–water partition coefficient (Wildman–Crippen LogP) is 3.18. The largest absolute Gasteiger partial charge is 0.371 e. The van der Waals surface area contributed by atoms with Crippen LogP contribution in [0.1, 0.15) is 24.8 Å². The van der Waals surface area contributed by atoms with E-state index in [0.717, 1.165) is 10.4 Å². The minimum absolute atomic E-state index is 0.0497. The quantitative estimate of drug-likeness (QED) is 0.897. The summed E-state index contributed by atoms with van der Waals surface area (Å²) in [6.45, 7) is 5.58. The van der Waals surface area contributed by atoms with E-state index in [1.54, 1.807) is 11.3 Å². The molecule has 4 heteroatoms. The van der Waals surface area contributed by atoms with Gasteiger partial charge in [-0.25, -0.2) is 0 Å². The van der Waals surface area contributed by atoms with Gasteiger partial charge in [-0.05, 0) is 34.0 Å². The summed E-state index contributed by atoms with van der Waals surface area (Å²) in [6.07, 6.45) is 0.0497. The number of rotatable bonds is 5. The molecule has 0 saturated heterocycles. The van der Waals surface area contributed by atoms with Crippen molar-refractivity contribution in [1.82, 2.24) is 0 Å². The molecular formula is C10H16BrNOS. The van der Waals surface area contributed by atoms with Crippen molar-refractivity contribution in [3.8, 4) is 0 Å². The number of ether oxygens (including phenoxy) is 1. The van der Waals surface area contributed by atoms with E-state index in [1.165, 1.54) is 4.88 Å². The molecule has 0 radical (unpaired) electrons. The standard InChI is InChI=1S/C10H16BrNOS/c1-7(2)6-13-8(5-12)9-3-4-10(11)14-9/h3-4,7-8H,5-6,12H2,1-2H3. The lowest BCUT2D eigenvalue weighted by Gasteiger charge is -2.15. The maximum Gasteiger partial charge on any atom is 0.104 e. The minimum Gasteiger partial charge on any atom is -0.371 e. The highest BCUT2D eigenvalue weighted by atomic mass is 79.9. The maximum atomic E-state index is 5.72. The smallest absolute Gasteiger partial charge is 0.104 e. The Morgan fingerprint density at radius 2 is 2.21 bits per heavy atom. The number of nitrogens with two attached hydrogens (primary N) is 1. The van der Waals surface area contributed by atoms with Crippen LogP contribution in [0.4, 0.5) is 0 Å². The Labute approximate surface area is 97.6 Å². The van der Waals surface area contributed by atoms with Gasteiger partial charge in [0.2, 0.25) is 0 Å². The molecule has 0 amide bonds. The second-order valence-electron chi connectivity index (χ2n) is 3.59. The highest BCUT2D eigenvalue weighted by Crippen LogP contribution is 2.28. The van der Waals surface area contributed by atoms with E-state index >= 15 is 0 Å². The lowest BCUT2D eigenvalue weighted by atomic mass is 10.2. The van der Waals surface area contributed by atoms with Crippen LogP contribution in [0.25, 0.3) is 0 Å². The van der Waals surface area contributed by atoms with Crippen molar-refractivity contribution >= 4 is 27.3 Å². The first-order valence-corrected chi connectivity index (χ1v) is 6.31. The fraction of sp³-hybridized carbons (Fsp3) is 0.600. The minimum atomic E-state index is 0.0497. The molecule has 1 aromatic rings. The van der Waals surface area contributed by atoms with Crippen molar-refractivity contribution in [1.29, 1.82) is 0 Å². The average molecular weight is 278 g/mol. The molecule has 1 rings (SSSR count). The molecule has 14 heavy (non-hydrogen) atoms. The molecule has 0 bridgehead atoms. The lowest BCUT2D eigenvalue weighted by Crippen LogP contribution is -2.17. The van der Waals surface area contributed by atoms with E-state index in [2.05, 4.69) is 35.8 Å². The van der Waals surface area contributed by atoms with Gasteiger partial charge in [0.1, 0.15) is 6.10 Å². The molecule has 0 aromatic carbocycles. The highest BCUT2D eigenvalue weighted by molar-refractivity contribution is 9.11. The lowest BCUT2D eigenvalue weighted by molar-refractivity contribution is 0.0427. The Morgan fingerprint density at radius 1 is 1.50 bits per heavy atom. The van der Waals surface area contributed by atoms with E-state index in [0.29, 0.717) is 12.5 Å². The van der Waals surface area contributed by atoms with E-state index in [4.69, 9.17) is 10.5 Å². The first-order chi connectivity index (χ1) is 6.63. The number of hydrogen-bond donors (Lipinski definition) is 1. The van der Waals surface area contributed by atoms with E-state index < -0.39 is 0 Å². The average Bonchev–Trinajstić information content (AvgIpc) is 2.53. The molecule has 1 atom stereocenters. The maximum absolute atomic E-state index is 5.72. The summed E-state index contributed by atoms with van der Waals surface area (Å²) in [7, 11) is 0. The van der Waals surface area contributed by atoms with Gasteiger partial charge >= 0.3 is 0 Å². The van der Waals surface area contributed by atoms with Crippen LogP contribution in [0, 0.1) is 5.92 Å². The van der Waals surface area contributed by atoms with Crippen LogP contribution in [0.3, 0.4) is 0 Å². The summed E-state index contributed by atoms with van der Waals surface area (Å²) < 4.78 is 6.84. The zero-order chi connectivity index (χ0) is 10.6. The summed E-state index contributed by atoms with van der Waals surface area (Å²) in [5.74, 6) is 0.549. The third kappa shape index (κ3) is 3.69. The Morgan fingerprint density at radius 3 is 2.64 bits per heavy atom. The first-order valence-electron chi connectivity index (χ1n) is 4.70. The molecule has 80 valence electrons. The van der Waals surface area contributed by atoms with Gasteiger partial charge in [-0.15, -0.1) is 11.3 Å². The molecule has 0 spiro atoms. The molecule has 1 aromatic heterocycles. The van der Waals surface area contributed by atoms with Crippen molar-refractivity contribution in [3.05, 3.63) is 20.8 Å². The van der Waals surface area contributed by atoms with Gasteiger partial charge in [0, 0.05) is 18.0 Å². The monoisotopic (exact) mass is 277 g/mol. The van der Waals surface area contributed by atoms with Gasteiger partial charge in [-0.1, -0.05) is 13.8 Å². The van der Waals surface area contributed by atoms with Gasteiger partial charge < -0.3 is 10.5 Å². The van der Waals surface area contributed by atoms with E-state index in [-0.39, 0.29) is 6.10 Å². The van der Waals surface area contributed by atoms with Crippen molar-refractivity contribution in [2.45, 2.75) is 20.0 Å². The van der Waals surface area contributed by atoms with Gasteiger partial charge in [0.15, 0.2) is 0 Å². The molecular weight excluding hydrogens is 262 g/mol. The van der Waals surface area contributed by atoms with Crippen molar-refractivity contribution in [2.24, 2.45) is 11.7 Å². The summed E-state index contributed by atoms with van der Waals surface area (Å²) in [6, 6.07) is 4.09. The Balaban J connectivity index is 2.54. The van der Waals surface area contributed by atoms with E-state index in [9.17, 15) is 0 Å². The zero-order valence-corrected chi connectivity index (χ0v) is 10.9. The Kier molecular flexibility index (Phi) is 5.09. The van der Waals surface area contributed by atoms with Gasteiger partial charge in [0.25, 0.3) is 0 Å². The highest BCUT2D eigenvalue weighted by Gasteiger charge is 2.12. The molecule has 0 aliphatic carbocycles. The van der Waals surface area contributed by atoms with Crippen LogP contribution in [0.5, 0.6) is 0 Å². The van der Waals surface area contributed by atoms with Crippen LogP contribution in [-0.4, -0.2) is 13.2 Å². The molecule has 0 saturated carbocycles. The summed E-state index contributed by atoms with van der Waals surface area (Å²) in [5.41, 5.74) is 5.67. The zero-order valence-electron chi connectivity index (χ0n) is 8.50. The second kappa shape index (κ2) is 5.85. The van der Waals surface area contributed by atoms with Crippen LogP contribution < -0.4 is 5.73 Å². The van der Waals surface area contributed by atoms with Crippen LogP contribution in [0.2, 0.25) is 0 Å². The fourth-order valence-corrected chi connectivity index (χ4v) is 2.56. The molecule has 1 heterocycles. The second-order valence-corrected chi connectivity index (χ2v) is 6.09. The number of thiophene rings is 1. The first kappa shape index (κ1) is 12.2. The topological polar surface area (TPSA) is 35.2 Å². The Hall–Kier alpha value is 0.1000. The van der Waals surface area contributed by atoms with Crippen molar-refractivity contribution in [2.75, 3.05) is 13.2 Å². The molecule has 0 fully saturated rings. The predicted molar refractivity (Wildman–Crippen MR) is 64.6 cm³/mol. The SMILES string of the molecule is CC(C)COC(CN)c1ccc(Br)s1. The van der Waals surface area contributed by atoms with Gasteiger partial charge in [-0.2, -0.15) is 0 Å². The third-order valence-corrected chi connectivity index (χ3v) is 3.47. The summed E-state index contributed by atoms with van der Waals surface area (Å²) in [5, 5.41) is 0. The molecule has 0 aliphatic rings. The normalized spacial score (nSPS) is 13.5. The fourth-order valence-electron chi connectivity index (χ4n) is 1.08. The summed E-state index contributed by atoms with van der Waals surface area (Å²) >= 11 is 5.12. The molecule has 2 N–H and O–H groups in total. The number of hydrogen-bond acceptors (Lipinski definition) is 3. The number of halogens is 1. The molecule has 0 aliphatic heterocycles. The van der Waals surface area contributed by atoms with Crippen LogP contribution in [0.15, 0.2) is 15.9 Å². The van der Waals surface area contributed by atoms with Gasteiger partial charge in [0.05, 0.1) is 3.79 Å². The Bertz CT molecular complexity index is 275.